The third-order valence-corrected chi connectivity index (χ3v) is 4.77. The zero-order valence-corrected chi connectivity index (χ0v) is 12.0. The van der Waals surface area contributed by atoms with Gasteiger partial charge in [-0.25, -0.2) is 0 Å². The zero-order valence-electron chi connectivity index (χ0n) is 9.60. The fourth-order valence-electron chi connectivity index (χ4n) is 2.18. The number of carbonyl (C=O) groups excluding carboxylic acids is 1. The molecule has 0 saturated carbocycles. The summed E-state index contributed by atoms with van der Waals surface area (Å²) in [7, 11) is 0. The Hall–Kier alpha value is -1.14. The molecule has 2 aromatic rings. The SMILES string of the molecule is O=C(N[C@H]1CCn2nccc2C1)c1cc(Br)cs1. The second-order valence-corrected chi connectivity index (χ2v) is 6.16. The van der Waals surface area contributed by atoms with E-state index < -0.39 is 0 Å². The second-order valence-electron chi connectivity index (χ2n) is 4.34. The van der Waals surface area contributed by atoms with Crippen LogP contribution in [0.15, 0.2) is 28.2 Å². The van der Waals surface area contributed by atoms with E-state index in [0.717, 1.165) is 28.7 Å². The van der Waals surface area contributed by atoms with Gasteiger partial charge in [0, 0.05) is 40.8 Å². The molecule has 3 heterocycles. The minimum absolute atomic E-state index is 0.0173. The summed E-state index contributed by atoms with van der Waals surface area (Å²) >= 11 is 4.82. The van der Waals surface area contributed by atoms with Gasteiger partial charge in [0.15, 0.2) is 0 Å². The number of thiophene rings is 1. The van der Waals surface area contributed by atoms with E-state index in [0.29, 0.717) is 0 Å². The molecule has 1 atom stereocenters. The van der Waals surface area contributed by atoms with Gasteiger partial charge < -0.3 is 5.32 Å². The Bertz CT molecular complexity index is 577. The molecule has 1 N–H and O–H groups in total. The van der Waals surface area contributed by atoms with Gasteiger partial charge >= 0.3 is 0 Å². The highest BCUT2D eigenvalue weighted by Gasteiger charge is 2.21. The van der Waals surface area contributed by atoms with Crippen molar-refractivity contribution < 1.29 is 4.79 Å². The highest BCUT2D eigenvalue weighted by atomic mass is 79.9. The average Bonchev–Trinajstić information content (AvgIpc) is 2.96. The lowest BCUT2D eigenvalue weighted by Gasteiger charge is -2.24. The number of aromatic nitrogens is 2. The van der Waals surface area contributed by atoms with Gasteiger partial charge in [0.2, 0.25) is 0 Å². The standard InChI is InChI=1S/C12H12BrN3OS/c13-8-5-11(18-7-8)12(17)15-9-2-4-16-10(6-9)1-3-14-16/h1,3,5,7,9H,2,4,6H2,(H,15,17)/t9-/m0/s1. The number of amides is 1. The Balaban J connectivity index is 1.66. The molecule has 6 heteroatoms. The van der Waals surface area contributed by atoms with Crippen molar-refractivity contribution in [3.05, 3.63) is 38.8 Å². The number of nitrogens with one attached hydrogen (secondary N) is 1. The number of carbonyl (C=O) groups is 1. The zero-order chi connectivity index (χ0) is 12.5. The number of fused-ring (bicyclic) bond motifs is 1. The van der Waals surface area contributed by atoms with Gasteiger partial charge in [-0.2, -0.15) is 5.10 Å². The molecule has 0 saturated heterocycles. The molecular formula is C12H12BrN3OS. The van der Waals surface area contributed by atoms with Crippen molar-refractivity contribution in [2.24, 2.45) is 0 Å². The quantitative estimate of drug-likeness (QED) is 0.921. The van der Waals surface area contributed by atoms with Gasteiger partial charge in [0.25, 0.3) is 5.91 Å². The van der Waals surface area contributed by atoms with Crippen LogP contribution in [0.25, 0.3) is 0 Å². The molecule has 0 radical (unpaired) electrons. The monoisotopic (exact) mass is 325 g/mol. The largest absolute Gasteiger partial charge is 0.348 e. The number of hydrogen-bond donors (Lipinski definition) is 1. The summed E-state index contributed by atoms with van der Waals surface area (Å²) in [6.07, 6.45) is 3.61. The minimum atomic E-state index is 0.0173. The lowest BCUT2D eigenvalue weighted by molar-refractivity contribution is 0.0934. The lowest BCUT2D eigenvalue weighted by Crippen LogP contribution is -2.39. The Morgan fingerprint density at radius 1 is 1.61 bits per heavy atom. The molecule has 0 fully saturated rings. The minimum Gasteiger partial charge on any atom is -0.348 e. The molecule has 0 aromatic carbocycles. The van der Waals surface area contributed by atoms with Crippen LogP contribution in [0.3, 0.4) is 0 Å². The van der Waals surface area contributed by atoms with Crippen molar-refractivity contribution in [2.45, 2.75) is 25.4 Å². The first-order valence-corrected chi connectivity index (χ1v) is 7.45. The van der Waals surface area contributed by atoms with E-state index in [4.69, 9.17) is 0 Å². The molecule has 18 heavy (non-hydrogen) atoms. The van der Waals surface area contributed by atoms with Gasteiger partial charge in [0.1, 0.15) is 0 Å². The average molecular weight is 326 g/mol. The van der Waals surface area contributed by atoms with Crippen LogP contribution in [-0.4, -0.2) is 21.7 Å². The van der Waals surface area contributed by atoms with Crippen LogP contribution in [0.2, 0.25) is 0 Å². The van der Waals surface area contributed by atoms with Crippen molar-refractivity contribution in [3.63, 3.8) is 0 Å². The molecule has 0 bridgehead atoms. The van der Waals surface area contributed by atoms with Crippen molar-refractivity contribution >= 4 is 33.2 Å². The van der Waals surface area contributed by atoms with Gasteiger partial charge in [-0.1, -0.05) is 0 Å². The fourth-order valence-corrected chi connectivity index (χ4v) is 3.51. The Labute approximate surface area is 117 Å². The molecule has 1 aliphatic heterocycles. The number of hydrogen-bond acceptors (Lipinski definition) is 3. The molecule has 1 aliphatic rings. The highest BCUT2D eigenvalue weighted by Crippen LogP contribution is 2.20. The molecule has 94 valence electrons. The lowest BCUT2D eigenvalue weighted by atomic mass is 10.0. The molecule has 0 aliphatic carbocycles. The highest BCUT2D eigenvalue weighted by molar-refractivity contribution is 9.10. The predicted octanol–water partition coefficient (Wildman–Crippen LogP) is 2.45. The maximum absolute atomic E-state index is 12.0. The van der Waals surface area contributed by atoms with Crippen LogP contribution < -0.4 is 5.32 Å². The van der Waals surface area contributed by atoms with Gasteiger partial charge in [-0.15, -0.1) is 11.3 Å². The molecule has 3 rings (SSSR count). The van der Waals surface area contributed by atoms with Crippen molar-refractivity contribution in [3.8, 4) is 0 Å². The molecule has 1 amide bonds. The summed E-state index contributed by atoms with van der Waals surface area (Å²) in [5.41, 5.74) is 1.19. The summed E-state index contributed by atoms with van der Waals surface area (Å²) in [4.78, 5) is 12.8. The van der Waals surface area contributed by atoms with Crippen LogP contribution >= 0.6 is 27.3 Å². The Morgan fingerprint density at radius 3 is 3.28 bits per heavy atom. The van der Waals surface area contributed by atoms with E-state index in [2.05, 4.69) is 26.3 Å². The van der Waals surface area contributed by atoms with E-state index >= 15 is 0 Å². The third-order valence-electron chi connectivity index (χ3n) is 3.08. The van der Waals surface area contributed by atoms with Gasteiger partial charge in [0.05, 0.1) is 4.88 Å². The summed E-state index contributed by atoms with van der Waals surface area (Å²) in [5, 5.41) is 9.24. The van der Waals surface area contributed by atoms with Crippen molar-refractivity contribution in [1.82, 2.24) is 15.1 Å². The smallest absolute Gasteiger partial charge is 0.261 e. The maximum Gasteiger partial charge on any atom is 0.261 e. The molecule has 0 unspecified atom stereocenters. The summed E-state index contributed by atoms with van der Waals surface area (Å²) in [5.74, 6) is 0.0173. The van der Waals surface area contributed by atoms with E-state index in [1.54, 1.807) is 0 Å². The maximum atomic E-state index is 12.0. The normalized spacial score (nSPS) is 18.4. The Kier molecular flexibility index (Phi) is 3.22. The molecular weight excluding hydrogens is 314 g/mol. The fraction of sp³-hybridized carbons (Fsp3) is 0.333. The first-order valence-electron chi connectivity index (χ1n) is 5.78. The number of halogens is 1. The van der Waals surface area contributed by atoms with Crippen LogP contribution in [0.1, 0.15) is 21.8 Å². The first-order chi connectivity index (χ1) is 8.72. The third kappa shape index (κ3) is 2.35. The second kappa shape index (κ2) is 4.85. The topological polar surface area (TPSA) is 46.9 Å². The first kappa shape index (κ1) is 11.9. The van der Waals surface area contributed by atoms with Gasteiger partial charge in [-0.3, -0.25) is 9.48 Å². The summed E-state index contributed by atoms with van der Waals surface area (Å²) < 4.78 is 2.96. The van der Waals surface area contributed by atoms with Crippen LogP contribution in [-0.2, 0) is 13.0 Å². The van der Waals surface area contributed by atoms with Crippen molar-refractivity contribution in [1.29, 1.82) is 0 Å². The predicted molar refractivity (Wildman–Crippen MR) is 73.8 cm³/mol. The molecule has 2 aromatic heterocycles. The van der Waals surface area contributed by atoms with Gasteiger partial charge in [-0.05, 0) is 34.5 Å². The number of aryl methyl sites for hydroxylation is 1. The van der Waals surface area contributed by atoms with E-state index in [1.165, 1.54) is 17.0 Å². The molecule has 4 nitrogen and oxygen atoms in total. The van der Waals surface area contributed by atoms with Crippen molar-refractivity contribution in [2.75, 3.05) is 0 Å². The number of rotatable bonds is 2. The van der Waals surface area contributed by atoms with E-state index in [9.17, 15) is 4.79 Å². The molecule has 0 spiro atoms. The van der Waals surface area contributed by atoms with E-state index in [-0.39, 0.29) is 11.9 Å². The van der Waals surface area contributed by atoms with E-state index in [1.807, 2.05) is 28.4 Å². The van der Waals surface area contributed by atoms with Crippen LogP contribution in [0.5, 0.6) is 0 Å². The van der Waals surface area contributed by atoms with Crippen LogP contribution in [0, 0.1) is 0 Å². The Morgan fingerprint density at radius 2 is 2.50 bits per heavy atom. The number of nitrogens with zero attached hydrogens (tertiary/aromatic N) is 2. The summed E-state index contributed by atoms with van der Waals surface area (Å²) in [6, 6.07) is 4.08. The summed E-state index contributed by atoms with van der Waals surface area (Å²) in [6.45, 7) is 0.876. The van der Waals surface area contributed by atoms with Crippen LogP contribution in [0.4, 0.5) is 0 Å².